The van der Waals surface area contributed by atoms with E-state index in [9.17, 15) is 10.1 Å². The van der Waals surface area contributed by atoms with E-state index < -0.39 is 0 Å². The number of nitrogens with zero attached hydrogens (tertiary/aromatic N) is 6. The smallest absolute Gasteiger partial charge is 0.259 e. The zero-order chi connectivity index (χ0) is 27.5. The van der Waals surface area contributed by atoms with Crippen LogP contribution in [0, 0.1) is 11.3 Å². The van der Waals surface area contributed by atoms with Crippen molar-refractivity contribution in [2.45, 2.75) is 64.0 Å². The van der Waals surface area contributed by atoms with Crippen molar-refractivity contribution >= 4 is 5.78 Å². The van der Waals surface area contributed by atoms with Gasteiger partial charge in [0, 0.05) is 37.2 Å². The average molecular weight is 537 g/mol. The lowest BCUT2D eigenvalue weighted by molar-refractivity contribution is 0.00543. The second-order valence-electron chi connectivity index (χ2n) is 11.0. The zero-order valence-electron chi connectivity index (χ0n) is 23.1. The second-order valence-corrected chi connectivity index (χ2v) is 11.0. The largest absolute Gasteiger partial charge is 0.379 e. The molecule has 0 bridgehead atoms. The number of hydrogen-bond donors (Lipinski definition) is 0. The summed E-state index contributed by atoms with van der Waals surface area (Å²) in [4.78, 5) is 21.4. The summed E-state index contributed by atoms with van der Waals surface area (Å²) in [6.45, 7) is 5.76. The average Bonchev–Trinajstić information content (AvgIpc) is 3.49. The van der Waals surface area contributed by atoms with Crippen molar-refractivity contribution in [1.29, 1.82) is 5.26 Å². The summed E-state index contributed by atoms with van der Waals surface area (Å²) >= 11 is 0. The highest BCUT2D eigenvalue weighted by atomic mass is 16.5. The molecule has 8 heteroatoms. The molecular weight excluding hydrogens is 500 g/mol. The molecule has 1 saturated carbocycles. The van der Waals surface area contributed by atoms with E-state index in [1.54, 1.807) is 6.33 Å². The van der Waals surface area contributed by atoms with Crippen LogP contribution in [-0.2, 0) is 17.6 Å². The fourth-order valence-electron chi connectivity index (χ4n) is 6.54. The third-order valence-electron chi connectivity index (χ3n) is 8.60. The number of rotatable bonds is 7. The van der Waals surface area contributed by atoms with Crippen molar-refractivity contribution < 1.29 is 4.74 Å². The Hall–Kier alpha value is -3.80. The standard InChI is InChI=1S/C32H36N6O2/c1-2-5-30-29(20-23-8-10-24(11-9-23)28-7-4-3-6-25(28)21-33)31(39)37(32-34-22-35-38(30)32)27-14-12-26(13-15-27)36-16-18-40-19-17-36/h3-4,6-11,22,26-27H,2,5,12-20H2,1H3. The molecule has 1 aliphatic heterocycles. The van der Waals surface area contributed by atoms with E-state index in [0.717, 1.165) is 92.8 Å². The monoisotopic (exact) mass is 536 g/mol. The first-order valence-electron chi connectivity index (χ1n) is 14.5. The third-order valence-corrected chi connectivity index (χ3v) is 8.60. The maximum absolute atomic E-state index is 14.3. The van der Waals surface area contributed by atoms with Gasteiger partial charge in [-0.05, 0) is 54.9 Å². The molecule has 0 N–H and O–H groups in total. The number of aromatic nitrogens is 4. The molecule has 2 aromatic heterocycles. The first-order valence-corrected chi connectivity index (χ1v) is 14.5. The molecule has 2 aromatic carbocycles. The lowest BCUT2D eigenvalue weighted by Crippen LogP contribution is -2.45. The van der Waals surface area contributed by atoms with Gasteiger partial charge in [0.25, 0.3) is 5.56 Å². The van der Waals surface area contributed by atoms with Gasteiger partial charge in [-0.2, -0.15) is 15.3 Å². The van der Waals surface area contributed by atoms with Gasteiger partial charge < -0.3 is 4.74 Å². The maximum Gasteiger partial charge on any atom is 0.259 e. The first kappa shape index (κ1) is 26.4. The van der Waals surface area contributed by atoms with Crippen molar-refractivity contribution in [3.05, 3.63) is 87.6 Å². The number of aryl methyl sites for hydroxylation is 1. The number of morpholine rings is 1. The van der Waals surface area contributed by atoms with E-state index in [-0.39, 0.29) is 11.6 Å². The summed E-state index contributed by atoms with van der Waals surface area (Å²) in [6, 6.07) is 18.8. The van der Waals surface area contributed by atoms with Gasteiger partial charge in [-0.25, -0.2) is 4.52 Å². The van der Waals surface area contributed by atoms with E-state index in [2.05, 4.69) is 40.1 Å². The summed E-state index contributed by atoms with van der Waals surface area (Å²) in [7, 11) is 0. The number of nitriles is 1. The molecule has 2 aliphatic rings. The molecule has 0 spiro atoms. The highest BCUT2D eigenvalue weighted by Gasteiger charge is 2.30. The molecule has 0 radical (unpaired) electrons. The molecule has 0 unspecified atom stereocenters. The summed E-state index contributed by atoms with van der Waals surface area (Å²) in [5, 5.41) is 14.1. The van der Waals surface area contributed by atoms with Crippen molar-refractivity contribution in [3.8, 4) is 17.2 Å². The Balaban J connectivity index is 1.32. The summed E-state index contributed by atoms with van der Waals surface area (Å²) in [5.41, 5.74) is 5.46. The molecule has 6 rings (SSSR count). The molecule has 2 fully saturated rings. The van der Waals surface area contributed by atoms with Gasteiger partial charge in [-0.15, -0.1) is 0 Å². The Bertz CT molecular complexity index is 1570. The summed E-state index contributed by atoms with van der Waals surface area (Å²) < 4.78 is 9.40. The normalized spacial score (nSPS) is 20.0. The van der Waals surface area contributed by atoms with E-state index in [4.69, 9.17) is 4.74 Å². The molecule has 4 aromatic rings. The summed E-state index contributed by atoms with van der Waals surface area (Å²) in [6.07, 6.45) is 7.88. The van der Waals surface area contributed by atoms with Crippen LogP contribution in [0.5, 0.6) is 0 Å². The topological polar surface area (TPSA) is 88.5 Å². The maximum atomic E-state index is 14.3. The molecule has 3 heterocycles. The van der Waals surface area contributed by atoms with Crippen LogP contribution in [-0.4, -0.2) is 56.4 Å². The molecule has 40 heavy (non-hydrogen) atoms. The molecule has 206 valence electrons. The molecular formula is C32H36N6O2. The Morgan fingerprint density at radius 3 is 2.45 bits per heavy atom. The van der Waals surface area contributed by atoms with Gasteiger partial charge >= 0.3 is 0 Å². The highest BCUT2D eigenvalue weighted by Crippen LogP contribution is 2.32. The SMILES string of the molecule is CCCc1c(Cc2ccc(-c3ccccc3C#N)cc2)c(=O)n(C2CCC(N3CCOCC3)CC2)c2ncnn12. The predicted molar refractivity (Wildman–Crippen MR) is 154 cm³/mol. The number of benzene rings is 2. The van der Waals surface area contributed by atoms with Crippen molar-refractivity contribution in [2.24, 2.45) is 0 Å². The fourth-order valence-corrected chi connectivity index (χ4v) is 6.54. The van der Waals surface area contributed by atoms with Crippen LogP contribution in [0.4, 0.5) is 0 Å². The van der Waals surface area contributed by atoms with E-state index in [1.165, 1.54) is 0 Å². The Kier molecular flexibility index (Phi) is 7.76. The molecule has 0 amide bonds. The van der Waals surface area contributed by atoms with Gasteiger partial charge in [-0.3, -0.25) is 14.3 Å². The minimum atomic E-state index is 0.0673. The number of hydrogen-bond acceptors (Lipinski definition) is 6. The lowest BCUT2D eigenvalue weighted by Gasteiger charge is -2.39. The van der Waals surface area contributed by atoms with Crippen LogP contribution in [0.3, 0.4) is 0 Å². The van der Waals surface area contributed by atoms with Crippen LogP contribution in [0.25, 0.3) is 16.9 Å². The van der Waals surface area contributed by atoms with Crippen LogP contribution >= 0.6 is 0 Å². The Morgan fingerprint density at radius 1 is 1.00 bits per heavy atom. The third kappa shape index (κ3) is 5.07. The van der Waals surface area contributed by atoms with Crippen LogP contribution < -0.4 is 5.56 Å². The van der Waals surface area contributed by atoms with Crippen LogP contribution in [0.1, 0.15) is 67.5 Å². The first-order chi connectivity index (χ1) is 19.7. The minimum absolute atomic E-state index is 0.0673. The van der Waals surface area contributed by atoms with Gasteiger partial charge in [-0.1, -0.05) is 55.8 Å². The molecule has 0 atom stereocenters. The van der Waals surface area contributed by atoms with Crippen molar-refractivity contribution in [2.75, 3.05) is 26.3 Å². The number of ether oxygens (including phenoxy) is 1. The van der Waals surface area contributed by atoms with Crippen LogP contribution in [0.15, 0.2) is 59.7 Å². The number of fused-ring (bicyclic) bond motifs is 1. The predicted octanol–water partition coefficient (Wildman–Crippen LogP) is 4.79. The van der Waals surface area contributed by atoms with Gasteiger partial charge in [0.2, 0.25) is 5.78 Å². The van der Waals surface area contributed by atoms with E-state index in [0.29, 0.717) is 23.8 Å². The Labute approximate surface area is 234 Å². The lowest BCUT2D eigenvalue weighted by atomic mass is 9.89. The van der Waals surface area contributed by atoms with Crippen LogP contribution in [0.2, 0.25) is 0 Å². The summed E-state index contributed by atoms with van der Waals surface area (Å²) in [5.74, 6) is 0.662. The molecule has 1 saturated heterocycles. The molecule has 1 aliphatic carbocycles. The van der Waals surface area contributed by atoms with Gasteiger partial charge in [0.1, 0.15) is 6.33 Å². The fraction of sp³-hybridized carbons (Fsp3) is 0.438. The van der Waals surface area contributed by atoms with Gasteiger partial charge in [0.15, 0.2) is 0 Å². The second kappa shape index (κ2) is 11.7. The van der Waals surface area contributed by atoms with E-state index in [1.807, 2.05) is 45.5 Å². The highest BCUT2D eigenvalue weighted by molar-refractivity contribution is 5.70. The zero-order valence-corrected chi connectivity index (χ0v) is 23.1. The quantitative estimate of drug-likeness (QED) is 0.338. The minimum Gasteiger partial charge on any atom is -0.379 e. The van der Waals surface area contributed by atoms with Crippen molar-refractivity contribution in [3.63, 3.8) is 0 Å². The van der Waals surface area contributed by atoms with Gasteiger partial charge in [0.05, 0.1) is 30.5 Å². The molecule has 8 nitrogen and oxygen atoms in total. The van der Waals surface area contributed by atoms with E-state index >= 15 is 0 Å². The van der Waals surface area contributed by atoms with Crippen molar-refractivity contribution in [1.82, 2.24) is 24.1 Å². The Morgan fingerprint density at radius 2 is 1.73 bits per heavy atom.